The number of aromatic nitrogens is 1. The number of hydrogen-bond acceptors (Lipinski definition) is 6. The predicted molar refractivity (Wildman–Crippen MR) is 111 cm³/mol. The van der Waals surface area contributed by atoms with Crippen molar-refractivity contribution in [2.45, 2.75) is 5.03 Å². The van der Waals surface area contributed by atoms with Gasteiger partial charge in [-0.05, 0) is 36.4 Å². The zero-order chi connectivity index (χ0) is 20.2. The third kappa shape index (κ3) is 4.45. The number of benzene rings is 2. The Morgan fingerprint density at radius 2 is 1.93 bits per heavy atom. The molecule has 0 spiro atoms. The lowest BCUT2D eigenvalue weighted by Gasteiger charge is -2.08. The molecule has 8 heteroatoms. The summed E-state index contributed by atoms with van der Waals surface area (Å²) in [5, 5.41) is 13.3. The van der Waals surface area contributed by atoms with E-state index in [0.29, 0.717) is 38.5 Å². The van der Waals surface area contributed by atoms with Gasteiger partial charge in [0.15, 0.2) is 11.5 Å². The molecule has 2 heterocycles. The van der Waals surface area contributed by atoms with Crippen LogP contribution in [0.4, 0.5) is 5.69 Å². The molecule has 4 rings (SSSR count). The standard InChI is InChI=1S/C21H14ClN3O3S/c22-15-4-1-13(2-5-15)17-7-3-14(10-23)21(25-17)29-11-20(26)24-16-6-8-18-19(9-16)28-12-27-18/h1-9H,11-12H2,(H,24,26). The summed E-state index contributed by atoms with van der Waals surface area (Å²) in [6, 6.07) is 18.1. The van der Waals surface area contributed by atoms with E-state index in [-0.39, 0.29) is 18.5 Å². The van der Waals surface area contributed by atoms with Crippen LogP contribution in [0.2, 0.25) is 5.02 Å². The van der Waals surface area contributed by atoms with E-state index in [9.17, 15) is 10.1 Å². The summed E-state index contributed by atoms with van der Waals surface area (Å²) in [4.78, 5) is 16.9. The van der Waals surface area contributed by atoms with Crippen molar-refractivity contribution in [1.82, 2.24) is 4.98 Å². The van der Waals surface area contributed by atoms with Gasteiger partial charge in [0.2, 0.25) is 12.7 Å². The third-order valence-electron chi connectivity index (χ3n) is 4.12. The molecule has 1 aromatic heterocycles. The SMILES string of the molecule is N#Cc1ccc(-c2ccc(Cl)cc2)nc1SCC(=O)Nc1ccc2c(c1)OCO2. The molecule has 0 unspecified atom stereocenters. The minimum atomic E-state index is -0.212. The van der Waals surface area contributed by atoms with Crippen LogP contribution in [0.5, 0.6) is 11.5 Å². The average molecular weight is 424 g/mol. The summed E-state index contributed by atoms with van der Waals surface area (Å²) in [5.41, 5.74) is 2.62. The molecule has 1 amide bonds. The van der Waals surface area contributed by atoms with E-state index >= 15 is 0 Å². The maximum atomic E-state index is 12.3. The van der Waals surface area contributed by atoms with Crippen molar-refractivity contribution in [1.29, 1.82) is 5.26 Å². The number of hydrogen-bond donors (Lipinski definition) is 1. The van der Waals surface area contributed by atoms with Crippen LogP contribution in [0, 0.1) is 11.3 Å². The molecule has 0 atom stereocenters. The monoisotopic (exact) mass is 423 g/mol. The van der Waals surface area contributed by atoms with E-state index in [0.717, 1.165) is 5.56 Å². The molecule has 6 nitrogen and oxygen atoms in total. The number of nitrogens with zero attached hydrogens (tertiary/aromatic N) is 2. The fraction of sp³-hybridized carbons (Fsp3) is 0.0952. The maximum absolute atomic E-state index is 12.3. The van der Waals surface area contributed by atoms with Crippen LogP contribution in [0.25, 0.3) is 11.3 Å². The van der Waals surface area contributed by atoms with E-state index in [2.05, 4.69) is 16.4 Å². The van der Waals surface area contributed by atoms with Gasteiger partial charge in [-0.3, -0.25) is 4.79 Å². The van der Waals surface area contributed by atoms with Gasteiger partial charge in [0.1, 0.15) is 11.1 Å². The Morgan fingerprint density at radius 1 is 1.14 bits per heavy atom. The largest absolute Gasteiger partial charge is 0.454 e. The van der Waals surface area contributed by atoms with Crippen LogP contribution >= 0.6 is 23.4 Å². The second kappa shape index (κ2) is 8.43. The molecule has 0 fully saturated rings. The highest BCUT2D eigenvalue weighted by Crippen LogP contribution is 2.34. The second-order valence-electron chi connectivity index (χ2n) is 6.07. The van der Waals surface area contributed by atoms with Crippen molar-refractivity contribution in [3.63, 3.8) is 0 Å². The summed E-state index contributed by atoms with van der Waals surface area (Å²) in [5.74, 6) is 1.15. The van der Waals surface area contributed by atoms with Crippen LogP contribution in [-0.2, 0) is 4.79 Å². The number of anilines is 1. The normalized spacial score (nSPS) is 11.7. The maximum Gasteiger partial charge on any atom is 0.234 e. The number of ether oxygens (including phenoxy) is 2. The number of nitriles is 1. The number of carbonyl (C=O) groups excluding carboxylic acids is 1. The number of amides is 1. The molecule has 0 saturated heterocycles. The van der Waals surface area contributed by atoms with Crippen LogP contribution in [0.15, 0.2) is 59.6 Å². The minimum absolute atomic E-state index is 0.111. The molecule has 29 heavy (non-hydrogen) atoms. The van der Waals surface area contributed by atoms with Crippen LogP contribution in [0.3, 0.4) is 0 Å². The Hall–Kier alpha value is -3.21. The molecule has 0 bridgehead atoms. The van der Waals surface area contributed by atoms with E-state index in [4.69, 9.17) is 21.1 Å². The molecule has 2 aromatic carbocycles. The van der Waals surface area contributed by atoms with Crippen molar-refractivity contribution < 1.29 is 14.3 Å². The average Bonchev–Trinajstić information content (AvgIpc) is 3.20. The number of halogens is 1. The first-order valence-corrected chi connectivity index (χ1v) is 9.98. The summed E-state index contributed by atoms with van der Waals surface area (Å²) in [6.07, 6.45) is 0. The molecule has 1 aliphatic heterocycles. The van der Waals surface area contributed by atoms with Gasteiger partial charge in [-0.1, -0.05) is 35.5 Å². The van der Waals surface area contributed by atoms with E-state index < -0.39 is 0 Å². The molecule has 1 N–H and O–H groups in total. The molecular weight excluding hydrogens is 410 g/mol. The van der Waals surface area contributed by atoms with Crippen molar-refractivity contribution in [3.05, 3.63) is 65.2 Å². The van der Waals surface area contributed by atoms with Crippen molar-refractivity contribution >= 4 is 35.0 Å². The topological polar surface area (TPSA) is 84.2 Å². The highest BCUT2D eigenvalue weighted by atomic mass is 35.5. The van der Waals surface area contributed by atoms with E-state index in [1.807, 2.05) is 12.1 Å². The summed E-state index contributed by atoms with van der Waals surface area (Å²) < 4.78 is 10.6. The number of fused-ring (bicyclic) bond motifs is 1. The Morgan fingerprint density at radius 3 is 2.72 bits per heavy atom. The van der Waals surface area contributed by atoms with Crippen LogP contribution < -0.4 is 14.8 Å². The zero-order valence-electron chi connectivity index (χ0n) is 15.0. The molecule has 0 radical (unpaired) electrons. The van der Waals surface area contributed by atoms with E-state index in [1.54, 1.807) is 42.5 Å². The van der Waals surface area contributed by atoms with E-state index in [1.165, 1.54) is 11.8 Å². The van der Waals surface area contributed by atoms with Gasteiger partial charge in [0.05, 0.1) is 17.0 Å². The van der Waals surface area contributed by atoms with Crippen molar-refractivity contribution in [2.75, 3.05) is 17.9 Å². The molecular formula is C21H14ClN3O3S. The first-order valence-electron chi connectivity index (χ1n) is 8.62. The zero-order valence-corrected chi connectivity index (χ0v) is 16.6. The first kappa shape index (κ1) is 19.1. The second-order valence-corrected chi connectivity index (χ2v) is 7.47. The van der Waals surface area contributed by atoms with Gasteiger partial charge in [0, 0.05) is 22.3 Å². The van der Waals surface area contributed by atoms with Gasteiger partial charge < -0.3 is 14.8 Å². The summed E-state index contributed by atoms with van der Waals surface area (Å²) in [6.45, 7) is 0.176. The molecule has 3 aromatic rings. The smallest absolute Gasteiger partial charge is 0.234 e. The van der Waals surface area contributed by atoms with Crippen molar-refractivity contribution in [3.8, 4) is 28.8 Å². The van der Waals surface area contributed by atoms with Crippen molar-refractivity contribution in [2.24, 2.45) is 0 Å². The molecule has 144 valence electrons. The van der Waals surface area contributed by atoms with Gasteiger partial charge >= 0.3 is 0 Å². The number of thioether (sulfide) groups is 1. The van der Waals surface area contributed by atoms with Gasteiger partial charge in [0.25, 0.3) is 0 Å². The minimum Gasteiger partial charge on any atom is -0.454 e. The molecule has 0 aliphatic carbocycles. The Kier molecular flexibility index (Phi) is 5.56. The molecule has 1 aliphatic rings. The Labute approximate surface area is 176 Å². The number of nitrogens with one attached hydrogen (secondary N) is 1. The van der Waals surface area contributed by atoms with Gasteiger partial charge in [-0.2, -0.15) is 5.26 Å². The lowest BCUT2D eigenvalue weighted by atomic mass is 10.1. The third-order valence-corrected chi connectivity index (χ3v) is 5.36. The number of carbonyl (C=O) groups is 1. The number of pyridine rings is 1. The Bertz CT molecular complexity index is 1110. The highest BCUT2D eigenvalue weighted by Gasteiger charge is 2.15. The quantitative estimate of drug-likeness (QED) is 0.597. The lowest BCUT2D eigenvalue weighted by molar-refractivity contribution is -0.113. The van der Waals surface area contributed by atoms with Gasteiger partial charge in [-0.25, -0.2) is 4.98 Å². The number of rotatable bonds is 5. The molecule has 0 saturated carbocycles. The summed E-state index contributed by atoms with van der Waals surface area (Å²) in [7, 11) is 0. The van der Waals surface area contributed by atoms with Crippen LogP contribution in [0.1, 0.15) is 5.56 Å². The predicted octanol–water partition coefficient (Wildman–Crippen LogP) is 4.73. The highest BCUT2D eigenvalue weighted by molar-refractivity contribution is 8.00. The summed E-state index contributed by atoms with van der Waals surface area (Å²) >= 11 is 7.14. The Balaban J connectivity index is 1.45. The lowest BCUT2D eigenvalue weighted by Crippen LogP contribution is -2.14. The fourth-order valence-corrected chi connectivity index (χ4v) is 3.62. The fourth-order valence-electron chi connectivity index (χ4n) is 2.72. The van der Waals surface area contributed by atoms with Gasteiger partial charge in [-0.15, -0.1) is 0 Å². The van der Waals surface area contributed by atoms with Crippen LogP contribution in [-0.4, -0.2) is 23.4 Å². The first-order chi connectivity index (χ1) is 14.1.